The molecule has 1 aromatic heterocycles. The minimum atomic E-state index is -3.55. The molecule has 112 valence electrons. The third kappa shape index (κ3) is 3.11. The van der Waals surface area contributed by atoms with E-state index in [0.29, 0.717) is 11.0 Å². The molecule has 4 nitrogen and oxygen atoms in total. The molecule has 2 aromatic rings. The van der Waals surface area contributed by atoms with Gasteiger partial charge in [0.25, 0.3) is 10.0 Å². The summed E-state index contributed by atoms with van der Waals surface area (Å²) in [6.07, 6.45) is 3.07. The van der Waals surface area contributed by atoms with Crippen LogP contribution in [0.3, 0.4) is 0 Å². The van der Waals surface area contributed by atoms with E-state index >= 15 is 0 Å². The minimum absolute atomic E-state index is 0.273. The Hall–Kier alpha value is -1.40. The van der Waals surface area contributed by atoms with Crippen molar-refractivity contribution in [3.05, 3.63) is 40.4 Å². The molecule has 21 heavy (non-hydrogen) atoms. The maximum absolute atomic E-state index is 12.3. The van der Waals surface area contributed by atoms with Crippen LogP contribution in [0.4, 0.5) is 5.13 Å². The van der Waals surface area contributed by atoms with Gasteiger partial charge in [0.05, 0.1) is 10.6 Å². The second kappa shape index (κ2) is 5.42. The molecule has 0 saturated carbocycles. The van der Waals surface area contributed by atoms with Crippen LogP contribution in [-0.2, 0) is 22.9 Å². The topological polar surface area (TPSA) is 59.1 Å². The fourth-order valence-electron chi connectivity index (χ4n) is 2.47. The van der Waals surface area contributed by atoms with Crippen LogP contribution in [0.15, 0.2) is 29.2 Å². The van der Waals surface area contributed by atoms with Crippen LogP contribution in [0.25, 0.3) is 0 Å². The molecule has 0 unspecified atom stereocenters. The van der Waals surface area contributed by atoms with Gasteiger partial charge in [0.1, 0.15) is 0 Å². The summed E-state index contributed by atoms with van der Waals surface area (Å²) in [7, 11) is -3.55. The lowest BCUT2D eigenvalue weighted by atomic mass is 9.93. The van der Waals surface area contributed by atoms with E-state index in [1.807, 2.05) is 6.92 Å². The summed E-state index contributed by atoms with van der Waals surface area (Å²) in [4.78, 5) is 5.93. The van der Waals surface area contributed by atoms with E-state index in [0.717, 1.165) is 30.5 Å². The maximum atomic E-state index is 12.3. The van der Waals surface area contributed by atoms with E-state index in [4.69, 9.17) is 0 Å². The molecule has 1 aromatic carbocycles. The Labute approximate surface area is 129 Å². The molecule has 0 aliphatic heterocycles. The van der Waals surface area contributed by atoms with Crippen LogP contribution in [0.1, 0.15) is 29.5 Å². The highest BCUT2D eigenvalue weighted by Crippen LogP contribution is 2.33. The number of nitrogens with zero attached hydrogens (tertiary/aromatic N) is 1. The van der Waals surface area contributed by atoms with Crippen molar-refractivity contribution in [3.8, 4) is 0 Å². The summed E-state index contributed by atoms with van der Waals surface area (Å²) in [5.74, 6) is 0.652. The number of aryl methyl sites for hydroxylation is 2. The van der Waals surface area contributed by atoms with Gasteiger partial charge in [0.2, 0.25) is 0 Å². The average Bonchev–Trinajstić information content (AvgIpc) is 2.79. The van der Waals surface area contributed by atoms with Crippen LogP contribution >= 0.6 is 11.3 Å². The first-order valence-corrected chi connectivity index (χ1v) is 9.32. The number of hydrogen-bond acceptors (Lipinski definition) is 4. The van der Waals surface area contributed by atoms with Crippen molar-refractivity contribution in [1.82, 2.24) is 4.98 Å². The average molecular weight is 322 g/mol. The van der Waals surface area contributed by atoms with Crippen LogP contribution in [-0.4, -0.2) is 13.4 Å². The molecule has 6 heteroatoms. The van der Waals surface area contributed by atoms with E-state index in [-0.39, 0.29) is 4.90 Å². The van der Waals surface area contributed by atoms with Gasteiger partial charge in [-0.3, -0.25) is 4.72 Å². The molecule has 1 heterocycles. The van der Waals surface area contributed by atoms with Gasteiger partial charge in [0.15, 0.2) is 5.13 Å². The lowest BCUT2D eigenvalue weighted by Crippen LogP contribution is -2.13. The van der Waals surface area contributed by atoms with Crippen LogP contribution in [0.5, 0.6) is 0 Å². The van der Waals surface area contributed by atoms with Crippen LogP contribution < -0.4 is 4.72 Å². The molecule has 1 N–H and O–H groups in total. The molecule has 0 bridgehead atoms. The summed E-state index contributed by atoms with van der Waals surface area (Å²) in [6.45, 7) is 4.15. The molecule has 1 aliphatic rings. The largest absolute Gasteiger partial charge is 0.263 e. The third-order valence-corrected chi connectivity index (χ3v) is 6.26. The number of anilines is 1. The zero-order chi connectivity index (χ0) is 15.0. The summed E-state index contributed by atoms with van der Waals surface area (Å²) < 4.78 is 27.3. The molecular formula is C15H18N2O2S2. The molecule has 0 radical (unpaired) electrons. The number of aromatic nitrogens is 1. The monoisotopic (exact) mass is 322 g/mol. The first-order valence-electron chi connectivity index (χ1n) is 7.02. The van der Waals surface area contributed by atoms with Gasteiger partial charge in [-0.1, -0.05) is 24.6 Å². The lowest BCUT2D eigenvalue weighted by molar-refractivity contribution is 0.502. The lowest BCUT2D eigenvalue weighted by Gasteiger charge is -2.15. The smallest absolute Gasteiger partial charge is 0.255 e. The number of sulfonamides is 1. The predicted octanol–water partition coefficient (Wildman–Crippen LogP) is 3.38. The number of hydrogen-bond donors (Lipinski definition) is 1. The molecule has 1 aliphatic carbocycles. The van der Waals surface area contributed by atoms with Crippen LogP contribution in [0, 0.1) is 12.8 Å². The fraction of sp³-hybridized carbons (Fsp3) is 0.400. The van der Waals surface area contributed by atoms with E-state index in [1.54, 1.807) is 24.3 Å². The molecule has 3 rings (SSSR count). The summed E-state index contributed by atoms with van der Waals surface area (Å²) >= 11 is 1.46. The van der Waals surface area contributed by atoms with Crippen LogP contribution in [0.2, 0.25) is 0 Å². The normalized spacial score (nSPS) is 18.3. The quantitative estimate of drug-likeness (QED) is 0.942. The Bertz CT molecular complexity index is 748. The van der Waals surface area contributed by atoms with Gasteiger partial charge in [-0.05, 0) is 44.2 Å². The molecule has 0 spiro atoms. The standard InChI is InChI=1S/C15H18N2O2S2/c1-10-3-6-12(7-4-10)21(18,19)17-15-16-13-8-5-11(2)9-14(13)20-15/h3-4,6-7,11H,5,8-9H2,1-2H3,(H,16,17)/t11-/m0/s1. The first-order chi connectivity index (χ1) is 9.94. The van der Waals surface area contributed by atoms with Crippen molar-refractivity contribution in [2.75, 3.05) is 4.72 Å². The molecule has 0 saturated heterocycles. The number of nitrogens with one attached hydrogen (secondary N) is 1. The SMILES string of the molecule is Cc1ccc(S(=O)(=O)Nc2nc3c(s2)C[C@@H](C)CC3)cc1. The third-order valence-electron chi connectivity index (χ3n) is 3.74. The van der Waals surface area contributed by atoms with E-state index in [9.17, 15) is 8.42 Å². The van der Waals surface area contributed by atoms with Crippen molar-refractivity contribution >= 4 is 26.5 Å². The Kier molecular flexibility index (Phi) is 3.75. The zero-order valence-corrected chi connectivity index (χ0v) is 13.7. The summed E-state index contributed by atoms with van der Waals surface area (Å²) in [5, 5.41) is 0.481. The highest BCUT2D eigenvalue weighted by Gasteiger charge is 2.22. The minimum Gasteiger partial charge on any atom is -0.255 e. The molecule has 0 fully saturated rings. The molecule has 0 amide bonds. The summed E-state index contributed by atoms with van der Waals surface area (Å²) in [5.41, 5.74) is 2.09. The second-order valence-electron chi connectivity index (χ2n) is 5.66. The van der Waals surface area contributed by atoms with Gasteiger partial charge in [-0.25, -0.2) is 13.4 Å². The van der Waals surface area contributed by atoms with Crippen molar-refractivity contribution in [1.29, 1.82) is 0 Å². The van der Waals surface area contributed by atoms with Crippen molar-refractivity contribution in [2.45, 2.75) is 38.0 Å². The predicted molar refractivity (Wildman–Crippen MR) is 85.3 cm³/mol. The van der Waals surface area contributed by atoms with E-state index in [1.165, 1.54) is 16.2 Å². The van der Waals surface area contributed by atoms with E-state index in [2.05, 4.69) is 16.6 Å². The fourth-order valence-corrected chi connectivity index (χ4v) is 4.88. The van der Waals surface area contributed by atoms with Gasteiger partial charge in [-0.15, -0.1) is 11.3 Å². The highest BCUT2D eigenvalue weighted by molar-refractivity contribution is 7.93. The van der Waals surface area contributed by atoms with Gasteiger partial charge >= 0.3 is 0 Å². The molecular weight excluding hydrogens is 304 g/mol. The second-order valence-corrected chi connectivity index (χ2v) is 8.42. The number of rotatable bonds is 3. The Morgan fingerprint density at radius 3 is 2.71 bits per heavy atom. The van der Waals surface area contributed by atoms with Crippen molar-refractivity contribution < 1.29 is 8.42 Å². The van der Waals surface area contributed by atoms with E-state index < -0.39 is 10.0 Å². The van der Waals surface area contributed by atoms with Gasteiger partial charge in [-0.2, -0.15) is 0 Å². The Balaban J connectivity index is 1.84. The van der Waals surface area contributed by atoms with Gasteiger partial charge < -0.3 is 0 Å². The number of thiazole rings is 1. The van der Waals surface area contributed by atoms with Crippen molar-refractivity contribution in [3.63, 3.8) is 0 Å². The zero-order valence-electron chi connectivity index (χ0n) is 12.1. The maximum Gasteiger partial charge on any atom is 0.263 e. The molecule has 1 atom stereocenters. The highest BCUT2D eigenvalue weighted by atomic mass is 32.2. The Morgan fingerprint density at radius 2 is 2.00 bits per heavy atom. The Morgan fingerprint density at radius 1 is 1.29 bits per heavy atom. The van der Waals surface area contributed by atoms with Gasteiger partial charge in [0, 0.05) is 4.88 Å². The summed E-state index contributed by atoms with van der Waals surface area (Å²) in [6, 6.07) is 6.83. The van der Waals surface area contributed by atoms with Crippen molar-refractivity contribution in [2.24, 2.45) is 5.92 Å². The number of fused-ring (bicyclic) bond motifs is 1. The first kappa shape index (κ1) is 14.5. The number of benzene rings is 1.